The summed E-state index contributed by atoms with van der Waals surface area (Å²) in [5, 5.41) is 7.37. The van der Waals surface area contributed by atoms with Gasteiger partial charge in [0.2, 0.25) is 0 Å². The highest BCUT2D eigenvalue weighted by atomic mass is 16.5. The van der Waals surface area contributed by atoms with Crippen LogP contribution in [0.15, 0.2) is 22.7 Å². The van der Waals surface area contributed by atoms with Crippen LogP contribution in [-0.4, -0.2) is 29.9 Å². The van der Waals surface area contributed by atoms with Gasteiger partial charge in [0.05, 0.1) is 19.3 Å². The zero-order valence-electron chi connectivity index (χ0n) is 11.1. The number of nitrogens with zero attached hydrogens (tertiary/aromatic N) is 2. The van der Waals surface area contributed by atoms with Crippen molar-refractivity contribution in [2.75, 3.05) is 19.8 Å². The summed E-state index contributed by atoms with van der Waals surface area (Å²) in [5.74, 6) is 1.23. The molecule has 0 bridgehead atoms. The van der Waals surface area contributed by atoms with Crippen molar-refractivity contribution in [1.29, 1.82) is 0 Å². The standard InChI is InChI=1S/C14H17N3O2/c1-9-3-4-11(10(2)7-9)14-16-13(17-19-14)12-8-18-6-5-15-12/h3-4,7,12,15H,5-6,8H2,1-2H3. The second-order valence-corrected chi connectivity index (χ2v) is 4.86. The number of nitrogens with one attached hydrogen (secondary N) is 1. The summed E-state index contributed by atoms with van der Waals surface area (Å²) in [6, 6.07) is 6.21. The summed E-state index contributed by atoms with van der Waals surface area (Å²) in [6.07, 6.45) is 0. The maximum absolute atomic E-state index is 5.41. The first-order chi connectivity index (χ1) is 9.24. The average Bonchev–Trinajstić information content (AvgIpc) is 2.89. The van der Waals surface area contributed by atoms with Crippen LogP contribution in [0.5, 0.6) is 0 Å². The first kappa shape index (κ1) is 12.3. The normalized spacial score (nSPS) is 19.6. The topological polar surface area (TPSA) is 60.2 Å². The molecule has 0 amide bonds. The van der Waals surface area contributed by atoms with E-state index in [2.05, 4.69) is 28.4 Å². The largest absolute Gasteiger partial charge is 0.378 e. The van der Waals surface area contributed by atoms with Gasteiger partial charge in [-0.05, 0) is 25.5 Å². The summed E-state index contributed by atoms with van der Waals surface area (Å²) >= 11 is 0. The van der Waals surface area contributed by atoms with Gasteiger partial charge < -0.3 is 14.6 Å². The molecule has 0 spiro atoms. The van der Waals surface area contributed by atoms with E-state index in [1.807, 2.05) is 19.1 Å². The number of morpholine rings is 1. The van der Waals surface area contributed by atoms with Crippen molar-refractivity contribution in [2.45, 2.75) is 19.9 Å². The third-order valence-corrected chi connectivity index (χ3v) is 3.29. The lowest BCUT2D eigenvalue weighted by Crippen LogP contribution is -2.35. The molecule has 1 saturated heterocycles. The fourth-order valence-electron chi connectivity index (χ4n) is 2.27. The van der Waals surface area contributed by atoms with Crippen molar-refractivity contribution >= 4 is 0 Å². The predicted molar refractivity (Wildman–Crippen MR) is 70.8 cm³/mol. The Bertz CT molecular complexity index is 574. The van der Waals surface area contributed by atoms with Crippen LogP contribution >= 0.6 is 0 Å². The van der Waals surface area contributed by atoms with Crippen LogP contribution in [0.4, 0.5) is 0 Å². The van der Waals surface area contributed by atoms with E-state index in [-0.39, 0.29) is 6.04 Å². The molecule has 5 nitrogen and oxygen atoms in total. The van der Waals surface area contributed by atoms with Gasteiger partial charge in [0.1, 0.15) is 0 Å². The molecule has 1 N–H and O–H groups in total. The Morgan fingerprint density at radius 1 is 1.32 bits per heavy atom. The van der Waals surface area contributed by atoms with Crippen LogP contribution in [0.25, 0.3) is 11.5 Å². The molecule has 1 aliphatic heterocycles. The lowest BCUT2D eigenvalue weighted by Gasteiger charge is -2.20. The van der Waals surface area contributed by atoms with Gasteiger partial charge in [-0.15, -0.1) is 0 Å². The van der Waals surface area contributed by atoms with Gasteiger partial charge >= 0.3 is 0 Å². The lowest BCUT2D eigenvalue weighted by molar-refractivity contribution is 0.0734. The highest BCUT2D eigenvalue weighted by molar-refractivity contribution is 5.58. The molecule has 2 heterocycles. The molecule has 0 aliphatic carbocycles. The van der Waals surface area contributed by atoms with Crippen LogP contribution in [0.3, 0.4) is 0 Å². The molecular weight excluding hydrogens is 242 g/mol. The Labute approximate surface area is 112 Å². The number of ether oxygens (including phenoxy) is 1. The predicted octanol–water partition coefficient (Wildman–Crippen LogP) is 2.01. The van der Waals surface area contributed by atoms with E-state index in [1.54, 1.807) is 0 Å². The van der Waals surface area contributed by atoms with E-state index < -0.39 is 0 Å². The first-order valence-electron chi connectivity index (χ1n) is 6.46. The van der Waals surface area contributed by atoms with Crippen LogP contribution in [0.2, 0.25) is 0 Å². The molecular formula is C14H17N3O2. The molecule has 1 aromatic heterocycles. The molecule has 0 saturated carbocycles. The first-order valence-corrected chi connectivity index (χ1v) is 6.46. The molecule has 5 heteroatoms. The summed E-state index contributed by atoms with van der Waals surface area (Å²) in [6.45, 7) is 6.26. The Balaban J connectivity index is 1.87. The van der Waals surface area contributed by atoms with E-state index in [4.69, 9.17) is 9.26 Å². The maximum Gasteiger partial charge on any atom is 0.258 e. The highest BCUT2D eigenvalue weighted by Crippen LogP contribution is 2.24. The van der Waals surface area contributed by atoms with Gasteiger partial charge in [-0.3, -0.25) is 0 Å². The SMILES string of the molecule is Cc1ccc(-c2nc(C3COCCN3)no2)c(C)c1. The molecule has 1 aliphatic rings. The number of aryl methyl sites for hydroxylation is 2. The van der Waals surface area contributed by atoms with Crippen LogP contribution in [0, 0.1) is 13.8 Å². The minimum atomic E-state index is 0.0250. The quantitative estimate of drug-likeness (QED) is 0.894. The van der Waals surface area contributed by atoms with Crippen molar-refractivity contribution in [3.05, 3.63) is 35.2 Å². The zero-order valence-corrected chi connectivity index (χ0v) is 11.1. The Kier molecular flexibility index (Phi) is 3.31. The smallest absolute Gasteiger partial charge is 0.258 e. The van der Waals surface area contributed by atoms with E-state index in [0.717, 1.165) is 24.3 Å². The zero-order chi connectivity index (χ0) is 13.2. The van der Waals surface area contributed by atoms with Crippen LogP contribution in [-0.2, 0) is 4.74 Å². The van der Waals surface area contributed by atoms with Crippen LogP contribution in [0.1, 0.15) is 23.0 Å². The third-order valence-electron chi connectivity index (χ3n) is 3.29. The van der Waals surface area contributed by atoms with Crippen molar-refractivity contribution in [3.63, 3.8) is 0 Å². The van der Waals surface area contributed by atoms with E-state index >= 15 is 0 Å². The van der Waals surface area contributed by atoms with E-state index in [0.29, 0.717) is 18.3 Å². The molecule has 1 aromatic carbocycles. The second-order valence-electron chi connectivity index (χ2n) is 4.86. The molecule has 19 heavy (non-hydrogen) atoms. The Morgan fingerprint density at radius 2 is 2.21 bits per heavy atom. The Morgan fingerprint density at radius 3 is 2.95 bits per heavy atom. The summed E-state index contributed by atoms with van der Waals surface area (Å²) in [5.41, 5.74) is 3.35. The van der Waals surface area contributed by atoms with Crippen LogP contribution < -0.4 is 5.32 Å². The van der Waals surface area contributed by atoms with Crippen molar-refractivity contribution in [2.24, 2.45) is 0 Å². The minimum absolute atomic E-state index is 0.0250. The van der Waals surface area contributed by atoms with Gasteiger partial charge in [0.15, 0.2) is 5.82 Å². The van der Waals surface area contributed by atoms with Gasteiger partial charge in [0.25, 0.3) is 5.89 Å². The molecule has 0 radical (unpaired) electrons. The number of benzene rings is 1. The molecule has 1 unspecified atom stereocenters. The third kappa shape index (κ3) is 2.52. The maximum atomic E-state index is 5.41. The van der Waals surface area contributed by atoms with Crippen molar-refractivity contribution in [1.82, 2.24) is 15.5 Å². The van der Waals surface area contributed by atoms with Gasteiger partial charge in [-0.1, -0.05) is 22.9 Å². The van der Waals surface area contributed by atoms with Gasteiger partial charge in [0, 0.05) is 12.1 Å². The van der Waals surface area contributed by atoms with Gasteiger partial charge in [-0.25, -0.2) is 0 Å². The molecule has 1 fully saturated rings. The fraction of sp³-hybridized carbons (Fsp3) is 0.429. The average molecular weight is 259 g/mol. The van der Waals surface area contributed by atoms with Gasteiger partial charge in [-0.2, -0.15) is 4.98 Å². The summed E-state index contributed by atoms with van der Waals surface area (Å²) in [7, 11) is 0. The summed E-state index contributed by atoms with van der Waals surface area (Å²) < 4.78 is 10.8. The number of hydrogen-bond acceptors (Lipinski definition) is 5. The molecule has 100 valence electrons. The number of hydrogen-bond donors (Lipinski definition) is 1. The highest BCUT2D eigenvalue weighted by Gasteiger charge is 2.21. The molecule has 1 atom stereocenters. The second kappa shape index (κ2) is 5.11. The number of aromatic nitrogens is 2. The van der Waals surface area contributed by atoms with Crippen molar-refractivity contribution < 1.29 is 9.26 Å². The van der Waals surface area contributed by atoms with E-state index in [1.165, 1.54) is 5.56 Å². The molecule has 3 rings (SSSR count). The molecule has 2 aromatic rings. The summed E-state index contributed by atoms with van der Waals surface area (Å²) in [4.78, 5) is 4.47. The Hall–Kier alpha value is -1.72. The monoisotopic (exact) mass is 259 g/mol. The minimum Gasteiger partial charge on any atom is -0.378 e. The van der Waals surface area contributed by atoms with E-state index in [9.17, 15) is 0 Å². The van der Waals surface area contributed by atoms with Crippen molar-refractivity contribution in [3.8, 4) is 11.5 Å². The number of rotatable bonds is 2. The fourth-order valence-corrected chi connectivity index (χ4v) is 2.27. The lowest BCUT2D eigenvalue weighted by atomic mass is 10.1.